The van der Waals surface area contributed by atoms with Crippen LogP contribution in [0.4, 0.5) is 4.79 Å². The number of aliphatic carboxylic acids is 1. The van der Waals surface area contributed by atoms with Gasteiger partial charge in [0.05, 0.1) is 6.42 Å². The highest BCUT2D eigenvalue weighted by molar-refractivity contribution is 5.71. The van der Waals surface area contributed by atoms with Gasteiger partial charge in [-0.2, -0.15) is 0 Å². The minimum Gasteiger partial charge on any atom is -0.481 e. The number of carbonyl (C=O) groups is 2. The van der Waals surface area contributed by atoms with Crippen LogP contribution in [0.25, 0.3) is 0 Å². The Morgan fingerprint density at radius 1 is 1.26 bits per heavy atom. The van der Waals surface area contributed by atoms with Crippen LogP contribution in [0.2, 0.25) is 0 Å². The molecule has 3 atom stereocenters. The Labute approximate surface area is 113 Å². The number of nitrogens with one attached hydrogen (secondary N) is 1. The van der Waals surface area contributed by atoms with Gasteiger partial charge in [-0.25, -0.2) is 4.79 Å². The van der Waals surface area contributed by atoms with Crippen LogP contribution in [0.3, 0.4) is 0 Å². The van der Waals surface area contributed by atoms with Gasteiger partial charge in [-0.1, -0.05) is 0 Å². The van der Waals surface area contributed by atoms with Gasteiger partial charge in [0.25, 0.3) is 0 Å². The van der Waals surface area contributed by atoms with Crippen molar-refractivity contribution < 1.29 is 19.4 Å². The number of carboxylic acid groups (broad SMARTS) is 1. The molecule has 5 heteroatoms. The summed E-state index contributed by atoms with van der Waals surface area (Å²) in [5.74, 6) is 0.942. The Morgan fingerprint density at radius 3 is 2.32 bits per heavy atom. The van der Waals surface area contributed by atoms with E-state index in [1.807, 2.05) is 0 Å². The third-order valence-electron chi connectivity index (χ3n) is 3.95. The molecule has 19 heavy (non-hydrogen) atoms. The van der Waals surface area contributed by atoms with Crippen molar-refractivity contribution in [3.63, 3.8) is 0 Å². The predicted molar refractivity (Wildman–Crippen MR) is 69.7 cm³/mol. The third-order valence-corrected chi connectivity index (χ3v) is 3.95. The van der Waals surface area contributed by atoms with Crippen LogP contribution in [-0.2, 0) is 9.53 Å². The molecule has 0 aromatic rings. The lowest BCUT2D eigenvalue weighted by molar-refractivity contribution is -0.137. The van der Waals surface area contributed by atoms with E-state index < -0.39 is 17.7 Å². The van der Waals surface area contributed by atoms with Gasteiger partial charge in [0.1, 0.15) is 5.60 Å². The molecule has 0 aliphatic heterocycles. The van der Waals surface area contributed by atoms with Crippen molar-refractivity contribution in [3.8, 4) is 0 Å². The van der Waals surface area contributed by atoms with Gasteiger partial charge >= 0.3 is 12.1 Å². The molecular weight excluding hydrogens is 246 g/mol. The van der Waals surface area contributed by atoms with Crippen LogP contribution in [0.5, 0.6) is 0 Å². The van der Waals surface area contributed by atoms with E-state index in [0.717, 1.165) is 24.7 Å². The van der Waals surface area contributed by atoms with Crippen molar-refractivity contribution >= 4 is 12.1 Å². The fourth-order valence-corrected chi connectivity index (χ4v) is 3.07. The zero-order valence-corrected chi connectivity index (χ0v) is 11.8. The molecule has 108 valence electrons. The predicted octanol–water partition coefficient (Wildman–Crippen LogP) is 2.40. The topological polar surface area (TPSA) is 75.6 Å². The van der Waals surface area contributed by atoms with E-state index in [2.05, 4.69) is 5.32 Å². The minimum absolute atomic E-state index is 0.0245. The SMILES string of the molecule is CC(C)(C)OC(=O)N[C@@H](CC(=O)O)C1CC2CC2C1. The largest absolute Gasteiger partial charge is 0.481 e. The van der Waals surface area contributed by atoms with Crippen molar-refractivity contribution in [2.75, 3.05) is 0 Å². The Morgan fingerprint density at radius 2 is 1.84 bits per heavy atom. The molecule has 2 N–H and O–H groups in total. The Hall–Kier alpha value is -1.26. The summed E-state index contributed by atoms with van der Waals surface area (Å²) < 4.78 is 5.20. The normalized spacial score (nSPS) is 30.4. The first-order chi connectivity index (χ1) is 8.74. The number of carbonyl (C=O) groups excluding carboxylic acids is 1. The van der Waals surface area contributed by atoms with E-state index in [9.17, 15) is 9.59 Å². The summed E-state index contributed by atoms with van der Waals surface area (Å²) in [6.45, 7) is 5.39. The number of fused-ring (bicyclic) bond motifs is 1. The van der Waals surface area contributed by atoms with Crippen molar-refractivity contribution in [2.24, 2.45) is 17.8 Å². The van der Waals surface area contributed by atoms with Gasteiger partial charge in [-0.3, -0.25) is 4.79 Å². The number of hydrogen-bond acceptors (Lipinski definition) is 3. The van der Waals surface area contributed by atoms with Gasteiger partial charge in [-0.15, -0.1) is 0 Å². The van der Waals surface area contributed by atoms with Crippen molar-refractivity contribution in [3.05, 3.63) is 0 Å². The van der Waals surface area contributed by atoms with Crippen LogP contribution in [0, 0.1) is 17.8 Å². The summed E-state index contributed by atoms with van der Waals surface area (Å²) in [4.78, 5) is 22.7. The lowest BCUT2D eigenvalue weighted by atomic mass is 9.92. The summed E-state index contributed by atoms with van der Waals surface area (Å²) in [6, 6.07) is -0.305. The van der Waals surface area contributed by atoms with Gasteiger partial charge in [0.2, 0.25) is 0 Å². The Bertz CT molecular complexity index is 364. The average molecular weight is 269 g/mol. The van der Waals surface area contributed by atoms with Crippen LogP contribution < -0.4 is 5.32 Å². The fraction of sp³-hybridized carbons (Fsp3) is 0.857. The van der Waals surface area contributed by atoms with Crippen molar-refractivity contribution in [2.45, 2.75) is 58.1 Å². The van der Waals surface area contributed by atoms with Crippen LogP contribution in [-0.4, -0.2) is 28.8 Å². The average Bonchev–Trinajstić information content (AvgIpc) is 2.81. The van der Waals surface area contributed by atoms with Crippen LogP contribution in [0.15, 0.2) is 0 Å². The zero-order chi connectivity index (χ0) is 14.2. The van der Waals surface area contributed by atoms with E-state index >= 15 is 0 Å². The lowest BCUT2D eigenvalue weighted by Crippen LogP contribution is -2.44. The molecule has 2 fully saturated rings. The molecule has 2 saturated carbocycles. The fourth-order valence-electron chi connectivity index (χ4n) is 3.07. The monoisotopic (exact) mass is 269 g/mol. The Kier molecular flexibility index (Phi) is 3.74. The van der Waals surface area contributed by atoms with E-state index in [1.54, 1.807) is 20.8 Å². The molecule has 2 aliphatic carbocycles. The highest BCUT2D eigenvalue weighted by Gasteiger charge is 2.48. The first-order valence-corrected chi connectivity index (χ1v) is 6.96. The molecular formula is C14H23NO4. The van der Waals surface area contributed by atoms with Crippen LogP contribution >= 0.6 is 0 Å². The number of ether oxygens (including phenoxy) is 1. The molecule has 0 aromatic carbocycles. The minimum atomic E-state index is -0.873. The van der Waals surface area contributed by atoms with E-state index in [4.69, 9.17) is 9.84 Å². The molecule has 0 spiro atoms. The number of carboxylic acids is 1. The summed E-state index contributed by atoms with van der Waals surface area (Å²) in [5.41, 5.74) is -0.560. The molecule has 0 bridgehead atoms. The standard InChI is InChI=1S/C14H23NO4/c1-14(2,3)19-13(18)15-11(7-12(16)17)10-5-8-4-9(8)6-10/h8-11H,4-7H2,1-3H3,(H,15,18)(H,16,17)/t8?,9?,10?,11-/m0/s1. The zero-order valence-electron chi connectivity index (χ0n) is 11.8. The van der Waals surface area contributed by atoms with Gasteiger partial charge in [-0.05, 0) is 57.8 Å². The third kappa shape index (κ3) is 4.11. The molecule has 0 heterocycles. The maximum Gasteiger partial charge on any atom is 0.407 e. The number of amides is 1. The number of alkyl carbamates (subject to hydrolysis) is 1. The first kappa shape index (κ1) is 14.2. The smallest absolute Gasteiger partial charge is 0.407 e. The Balaban J connectivity index is 1.90. The first-order valence-electron chi connectivity index (χ1n) is 6.96. The van der Waals surface area contributed by atoms with E-state index in [-0.39, 0.29) is 18.4 Å². The van der Waals surface area contributed by atoms with Gasteiger partial charge < -0.3 is 15.2 Å². The van der Waals surface area contributed by atoms with Crippen LogP contribution in [0.1, 0.15) is 46.5 Å². The molecule has 2 rings (SSSR count). The van der Waals surface area contributed by atoms with E-state index in [0.29, 0.717) is 0 Å². The van der Waals surface area contributed by atoms with Crippen molar-refractivity contribution in [1.29, 1.82) is 0 Å². The highest BCUT2D eigenvalue weighted by Crippen LogP contribution is 2.55. The molecule has 0 radical (unpaired) electrons. The molecule has 5 nitrogen and oxygen atoms in total. The second-order valence-electron chi connectivity index (χ2n) is 6.84. The highest BCUT2D eigenvalue weighted by atomic mass is 16.6. The quantitative estimate of drug-likeness (QED) is 0.821. The molecule has 0 aromatic heterocycles. The summed E-state index contributed by atoms with van der Waals surface area (Å²) in [6.07, 6.45) is 2.82. The summed E-state index contributed by atoms with van der Waals surface area (Å²) in [5, 5.41) is 11.7. The molecule has 2 unspecified atom stereocenters. The van der Waals surface area contributed by atoms with Gasteiger partial charge in [0.15, 0.2) is 0 Å². The maximum absolute atomic E-state index is 11.8. The second kappa shape index (κ2) is 5.02. The molecule has 1 amide bonds. The lowest BCUT2D eigenvalue weighted by Gasteiger charge is -2.27. The van der Waals surface area contributed by atoms with Crippen molar-refractivity contribution in [1.82, 2.24) is 5.32 Å². The maximum atomic E-state index is 11.8. The van der Waals surface area contributed by atoms with Gasteiger partial charge in [0, 0.05) is 6.04 Å². The summed E-state index contributed by atoms with van der Waals surface area (Å²) in [7, 11) is 0. The summed E-state index contributed by atoms with van der Waals surface area (Å²) >= 11 is 0. The number of rotatable bonds is 4. The molecule has 0 saturated heterocycles. The second-order valence-corrected chi connectivity index (χ2v) is 6.84. The molecule has 2 aliphatic rings. The van der Waals surface area contributed by atoms with E-state index in [1.165, 1.54) is 6.42 Å². The number of hydrogen-bond donors (Lipinski definition) is 2.